The van der Waals surface area contributed by atoms with E-state index in [9.17, 15) is 23.2 Å². The number of rotatable bonds is 2. The Balaban J connectivity index is 1.68. The number of nitrogens with zero attached hydrogens (tertiary/aromatic N) is 4. The van der Waals surface area contributed by atoms with E-state index in [1.165, 1.54) is 46.3 Å². The van der Waals surface area contributed by atoms with Gasteiger partial charge in [0.2, 0.25) is 0 Å². The molecule has 1 atom stereocenters. The van der Waals surface area contributed by atoms with E-state index in [0.717, 1.165) is 11.0 Å². The minimum Gasteiger partial charge on any atom is -0.334 e. The zero-order chi connectivity index (χ0) is 21.6. The van der Waals surface area contributed by atoms with Gasteiger partial charge >= 0.3 is 6.03 Å². The largest absolute Gasteiger partial charge is 0.334 e. The molecule has 2 aromatic rings. The first kappa shape index (κ1) is 19.9. The Morgan fingerprint density at radius 2 is 1.80 bits per heavy atom. The predicted molar refractivity (Wildman–Crippen MR) is 104 cm³/mol. The normalized spacial score (nSPS) is 20.9. The quantitative estimate of drug-likeness (QED) is 0.709. The van der Waals surface area contributed by atoms with Gasteiger partial charge in [0.25, 0.3) is 11.8 Å². The van der Waals surface area contributed by atoms with Crippen LogP contribution in [0.4, 0.5) is 19.3 Å². The number of carbonyl (C=O) groups excluding carboxylic acids is 3. The first-order valence-electron chi connectivity index (χ1n) is 9.48. The molecule has 1 aromatic carbocycles. The van der Waals surface area contributed by atoms with Crippen molar-refractivity contribution in [3.63, 3.8) is 0 Å². The fourth-order valence-corrected chi connectivity index (χ4v) is 3.97. The smallest absolute Gasteiger partial charge is 0.332 e. The van der Waals surface area contributed by atoms with E-state index in [-0.39, 0.29) is 31.0 Å². The molecule has 4 amide bonds. The van der Waals surface area contributed by atoms with E-state index in [1.807, 2.05) is 13.8 Å². The summed E-state index contributed by atoms with van der Waals surface area (Å²) in [5.74, 6) is -2.38. The Kier molecular flexibility index (Phi) is 4.76. The third-order valence-corrected chi connectivity index (χ3v) is 5.26. The standard InChI is InChI=1S/C21H20F2N4O3/c1-21(2)11-25(19(29)17-15(23)4-3-9-24-17)10-16-18(28)27(20(30)26(16)12-21)14-7-5-13(22)6-8-14/h3-9,16H,10-12H2,1-2H3. The Hall–Kier alpha value is -3.36. The minimum absolute atomic E-state index is 0.0828. The first-order valence-corrected chi connectivity index (χ1v) is 9.48. The SMILES string of the molecule is CC1(C)CN(C(=O)c2ncccc2F)CC2C(=O)N(c3ccc(F)cc3)C(=O)N2C1. The van der Waals surface area contributed by atoms with Gasteiger partial charge < -0.3 is 9.80 Å². The lowest BCUT2D eigenvalue weighted by Gasteiger charge is -2.30. The zero-order valence-electron chi connectivity index (χ0n) is 16.5. The third kappa shape index (κ3) is 3.40. The minimum atomic E-state index is -0.917. The number of carbonyl (C=O) groups is 3. The highest BCUT2D eigenvalue weighted by molar-refractivity contribution is 6.21. The average Bonchev–Trinajstić information content (AvgIpc) is 2.83. The lowest BCUT2D eigenvalue weighted by molar-refractivity contribution is -0.119. The number of hydrogen-bond acceptors (Lipinski definition) is 4. The summed E-state index contributed by atoms with van der Waals surface area (Å²) in [5.41, 5.74) is -0.621. The summed E-state index contributed by atoms with van der Waals surface area (Å²) >= 11 is 0. The molecule has 1 unspecified atom stereocenters. The highest BCUT2D eigenvalue weighted by Gasteiger charge is 2.51. The molecule has 156 valence electrons. The van der Waals surface area contributed by atoms with Crippen LogP contribution in [0.25, 0.3) is 0 Å². The number of imide groups is 1. The van der Waals surface area contributed by atoms with Crippen LogP contribution in [0.2, 0.25) is 0 Å². The first-order chi connectivity index (χ1) is 14.2. The van der Waals surface area contributed by atoms with Crippen LogP contribution >= 0.6 is 0 Å². The van der Waals surface area contributed by atoms with Crippen molar-refractivity contribution in [1.82, 2.24) is 14.8 Å². The molecule has 3 heterocycles. The van der Waals surface area contributed by atoms with Crippen molar-refractivity contribution in [3.05, 3.63) is 59.9 Å². The number of halogens is 2. The van der Waals surface area contributed by atoms with Gasteiger partial charge in [-0.25, -0.2) is 23.5 Å². The van der Waals surface area contributed by atoms with Crippen molar-refractivity contribution in [2.75, 3.05) is 24.5 Å². The zero-order valence-corrected chi connectivity index (χ0v) is 16.5. The Bertz CT molecular complexity index is 1030. The van der Waals surface area contributed by atoms with Gasteiger partial charge in [-0.2, -0.15) is 0 Å². The molecule has 7 nitrogen and oxygen atoms in total. The molecule has 2 saturated heterocycles. The van der Waals surface area contributed by atoms with E-state index >= 15 is 0 Å². The summed E-state index contributed by atoms with van der Waals surface area (Å²) < 4.78 is 27.4. The van der Waals surface area contributed by atoms with Gasteiger partial charge in [0.05, 0.1) is 12.2 Å². The van der Waals surface area contributed by atoms with Crippen molar-refractivity contribution in [2.24, 2.45) is 5.41 Å². The molecule has 4 rings (SSSR count). The lowest BCUT2D eigenvalue weighted by atomic mass is 9.92. The monoisotopic (exact) mass is 414 g/mol. The van der Waals surface area contributed by atoms with Gasteiger partial charge in [0, 0.05) is 24.7 Å². The van der Waals surface area contributed by atoms with Crippen molar-refractivity contribution in [1.29, 1.82) is 0 Å². The maximum Gasteiger partial charge on any atom is 0.332 e. The molecule has 0 saturated carbocycles. The van der Waals surface area contributed by atoms with Gasteiger partial charge in [-0.3, -0.25) is 9.59 Å². The number of benzene rings is 1. The number of anilines is 1. The van der Waals surface area contributed by atoms with Crippen molar-refractivity contribution < 1.29 is 23.2 Å². The predicted octanol–water partition coefficient (Wildman–Crippen LogP) is 2.68. The molecule has 2 fully saturated rings. The van der Waals surface area contributed by atoms with E-state index in [0.29, 0.717) is 0 Å². The van der Waals surface area contributed by atoms with Gasteiger partial charge in [-0.05, 0) is 36.4 Å². The van der Waals surface area contributed by atoms with Crippen molar-refractivity contribution in [3.8, 4) is 0 Å². The highest BCUT2D eigenvalue weighted by Crippen LogP contribution is 2.33. The summed E-state index contributed by atoms with van der Waals surface area (Å²) in [5, 5.41) is 0. The summed E-state index contributed by atoms with van der Waals surface area (Å²) in [7, 11) is 0. The van der Waals surface area contributed by atoms with Gasteiger partial charge in [-0.15, -0.1) is 0 Å². The molecule has 0 aliphatic carbocycles. The van der Waals surface area contributed by atoms with Crippen LogP contribution in [0.5, 0.6) is 0 Å². The second-order valence-corrected chi connectivity index (χ2v) is 8.26. The van der Waals surface area contributed by atoms with Gasteiger partial charge in [-0.1, -0.05) is 13.8 Å². The Labute approximate surface area is 171 Å². The molecule has 0 radical (unpaired) electrons. The molecule has 0 bridgehead atoms. The molecule has 2 aliphatic heterocycles. The summed E-state index contributed by atoms with van der Waals surface area (Å²) in [4.78, 5) is 46.8. The number of aromatic nitrogens is 1. The average molecular weight is 414 g/mol. The van der Waals surface area contributed by atoms with E-state index in [2.05, 4.69) is 4.98 Å². The van der Waals surface area contributed by atoms with Gasteiger partial charge in [0.1, 0.15) is 11.9 Å². The third-order valence-electron chi connectivity index (χ3n) is 5.26. The van der Waals surface area contributed by atoms with E-state index in [1.54, 1.807) is 0 Å². The number of pyridine rings is 1. The molecule has 30 heavy (non-hydrogen) atoms. The molecule has 1 aromatic heterocycles. The molecule has 2 aliphatic rings. The fourth-order valence-electron chi connectivity index (χ4n) is 3.97. The van der Waals surface area contributed by atoms with Crippen LogP contribution in [0.15, 0.2) is 42.6 Å². The van der Waals surface area contributed by atoms with E-state index < -0.39 is 40.9 Å². The fraction of sp³-hybridized carbons (Fsp3) is 0.333. The van der Waals surface area contributed by atoms with Crippen LogP contribution < -0.4 is 4.90 Å². The molecule has 9 heteroatoms. The van der Waals surface area contributed by atoms with Crippen LogP contribution in [0.1, 0.15) is 24.3 Å². The van der Waals surface area contributed by atoms with E-state index in [4.69, 9.17) is 0 Å². The van der Waals surface area contributed by atoms with Crippen LogP contribution in [-0.4, -0.2) is 58.3 Å². The number of hydrogen-bond donors (Lipinski definition) is 0. The lowest BCUT2D eigenvalue weighted by Crippen LogP contribution is -2.44. The maximum absolute atomic E-state index is 14.1. The van der Waals surface area contributed by atoms with Crippen LogP contribution in [0.3, 0.4) is 0 Å². The van der Waals surface area contributed by atoms with Crippen LogP contribution in [0, 0.1) is 17.0 Å². The summed E-state index contributed by atoms with van der Waals surface area (Å²) in [6, 6.07) is 6.15. The molecule has 0 N–H and O–H groups in total. The van der Waals surface area contributed by atoms with Crippen LogP contribution in [-0.2, 0) is 4.79 Å². The molecular formula is C21H20F2N4O3. The Morgan fingerprint density at radius 3 is 2.47 bits per heavy atom. The van der Waals surface area contributed by atoms with Crippen molar-refractivity contribution >= 4 is 23.5 Å². The molecular weight excluding hydrogens is 394 g/mol. The van der Waals surface area contributed by atoms with Gasteiger partial charge in [0.15, 0.2) is 11.5 Å². The highest BCUT2D eigenvalue weighted by atomic mass is 19.1. The number of amides is 4. The van der Waals surface area contributed by atoms with Crippen molar-refractivity contribution in [2.45, 2.75) is 19.9 Å². The second kappa shape index (κ2) is 7.16. The summed E-state index contributed by atoms with van der Waals surface area (Å²) in [6.45, 7) is 4.10. The second-order valence-electron chi connectivity index (χ2n) is 8.26. The molecule has 0 spiro atoms. The number of fused-ring (bicyclic) bond motifs is 1. The number of urea groups is 1. The topological polar surface area (TPSA) is 73.8 Å². The Morgan fingerprint density at radius 1 is 1.10 bits per heavy atom. The summed E-state index contributed by atoms with van der Waals surface area (Å²) in [6.07, 6.45) is 1.33. The maximum atomic E-state index is 14.1.